The third-order valence-corrected chi connectivity index (χ3v) is 4.86. The molecule has 0 saturated carbocycles. The molecule has 1 aromatic heterocycles. The number of anilines is 1. The molecule has 0 radical (unpaired) electrons. The maximum atomic E-state index is 5.97. The molecule has 0 N–H and O–H groups in total. The highest BCUT2D eigenvalue weighted by Gasteiger charge is 2.17. The highest BCUT2D eigenvalue weighted by Crippen LogP contribution is 2.20. The average Bonchev–Trinajstić information content (AvgIpc) is 2.63. The van der Waals surface area contributed by atoms with Crippen LogP contribution in [0, 0.1) is 0 Å². The molecule has 3 aromatic rings. The highest BCUT2D eigenvalue weighted by atomic mass is 35.5. The van der Waals surface area contributed by atoms with Crippen LogP contribution in [0.3, 0.4) is 0 Å². The quantitative estimate of drug-likeness (QED) is 0.713. The molecule has 0 bridgehead atoms. The van der Waals surface area contributed by atoms with Crippen LogP contribution < -0.4 is 4.90 Å². The molecular formula is C20H20ClN3. The van der Waals surface area contributed by atoms with Crippen LogP contribution in [0.25, 0.3) is 10.9 Å². The van der Waals surface area contributed by atoms with Crippen LogP contribution in [0.4, 0.5) is 5.69 Å². The fourth-order valence-electron chi connectivity index (χ4n) is 3.24. The average molecular weight is 338 g/mol. The second kappa shape index (κ2) is 6.80. The predicted octanol–water partition coefficient (Wildman–Crippen LogP) is 4.21. The molecule has 0 unspecified atom stereocenters. The van der Waals surface area contributed by atoms with Crippen LogP contribution >= 0.6 is 11.6 Å². The third-order valence-electron chi connectivity index (χ3n) is 4.61. The van der Waals surface area contributed by atoms with Gasteiger partial charge in [-0.05, 0) is 36.4 Å². The van der Waals surface area contributed by atoms with E-state index in [0.29, 0.717) is 0 Å². The number of aromatic nitrogens is 1. The van der Waals surface area contributed by atoms with Crippen molar-refractivity contribution in [2.45, 2.75) is 6.54 Å². The Morgan fingerprint density at radius 1 is 0.833 bits per heavy atom. The molecule has 3 nitrogen and oxygen atoms in total. The molecule has 122 valence electrons. The maximum absolute atomic E-state index is 5.97. The minimum absolute atomic E-state index is 0.791. The molecule has 0 spiro atoms. The lowest BCUT2D eigenvalue weighted by Gasteiger charge is -2.36. The van der Waals surface area contributed by atoms with Crippen LogP contribution in [-0.4, -0.2) is 36.1 Å². The van der Waals surface area contributed by atoms with Gasteiger partial charge in [0.1, 0.15) is 0 Å². The van der Waals surface area contributed by atoms with E-state index in [1.807, 2.05) is 18.2 Å². The van der Waals surface area contributed by atoms with Crippen molar-refractivity contribution in [3.8, 4) is 0 Å². The summed E-state index contributed by atoms with van der Waals surface area (Å²) in [6, 6.07) is 20.7. The van der Waals surface area contributed by atoms with Crippen molar-refractivity contribution in [2.75, 3.05) is 31.1 Å². The second-order valence-electron chi connectivity index (χ2n) is 6.23. The van der Waals surface area contributed by atoms with E-state index in [1.165, 1.54) is 11.1 Å². The summed E-state index contributed by atoms with van der Waals surface area (Å²) < 4.78 is 0. The van der Waals surface area contributed by atoms with Gasteiger partial charge in [0.25, 0.3) is 0 Å². The molecule has 4 heteroatoms. The van der Waals surface area contributed by atoms with Gasteiger partial charge in [-0.1, -0.05) is 35.9 Å². The Morgan fingerprint density at radius 3 is 2.38 bits per heavy atom. The lowest BCUT2D eigenvalue weighted by atomic mass is 10.2. The zero-order valence-electron chi connectivity index (χ0n) is 13.5. The summed E-state index contributed by atoms with van der Waals surface area (Å²) in [5, 5.41) is 1.99. The van der Waals surface area contributed by atoms with E-state index in [-0.39, 0.29) is 0 Å². The van der Waals surface area contributed by atoms with E-state index >= 15 is 0 Å². The van der Waals surface area contributed by atoms with Crippen molar-refractivity contribution < 1.29 is 0 Å². The lowest BCUT2D eigenvalue weighted by molar-refractivity contribution is 0.247. The summed E-state index contributed by atoms with van der Waals surface area (Å²) in [4.78, 5) is 9.68. The number of pyridine rings is 1. The second-order valence-corrected chi connectivity index (χ2v) is 6.67. The smallest absolute Gasteiger partial charge is 0.0705 e. The minimum atomic E-state index is 0.791. The van der Waals surface area contributed by atoms with Crippen LogP contribution in [0.2, 0.25) is 5.02 Å². The number of hydrogen-bond donors (Lipinski definition) is 0. The first kappa shape index (κ1) is 15.4. The number of fused-ring (bicyclic) bond motifs is 1. The number of nitrogens with zero attached hydrogens (tertiary/aromatic N) is 3. The predicted molar refractivity (Wildman–Crippen MR) is 101 cm³/mol. The van der Waals surface area contributed by atoms with Crippen LogP contribution in [-0.2, 0) is 6.54 Å². The molecule has 1 saturated heterocycles. The number of para-hydroxylation sites is 1. The Labute approximate surface area is 147 Å². The van der Waals surface area contributed by atoms with Gasteiger partial charge in [0, 0.05) is 48.8 Å². The Hall–Kier alpha value is -2.10. The first-order valence-corrected chi connectivity index (χ1v) is 8.73. The van der Waals surface area contributed by atoms with Gasteiger partial charge in [0.2, 0.25) is 0 Å². The van der Waals surface area contributed by atoms with Gasteiger partial charge in [0.05, 0.1) is 11.2 Å². The molecule has 24 heavy (non-hydrogen) atoms. The Balaban J connectivity index is 1.39. The van der Waals surface area contributed by atoms with Gasteiger partial charge in [-0.15, -0.1) is 0 Å². The van der Waals surface area contributed by atoms with E-state index in [9.17, 15) is 0 Å². The van der Waals surface area contributed by atoms with E-state index in [1.54, 1.807) is 0 Å². The van der Waals surface area contributed by atoms with E-state index < -0.39 is 0 Å². The fourth-order valence-corrected chi connectivity index (χ4v) is 3.37. The number of hydrogen-bond acceptors (Lipinski definition) is 3. The number of piperazine rings is 1. The molecule has 1 aliphatic rings. The summed E-state index contributed by atoms with van der Waals surface area (Å²) in [7, 11) is 0. The molecular weight excluding hydrogens is 318 g/mol. The van der Waals surface area contributed by atoms with Gasteiger partial charge >= 0.3 is 0 Å². The maximum Gasteiger partial charge on any atom is 0.0705 e. The Bertz CT molecular complexity index is 824. The summed E-state index contributed by atoms with van der Waals surface area (Å²) in [5.74, 6) is 0. The molecule has 1 fully saturated rings. The molecule has 4 rings (SSSR count). The molecule has 0 atom stereocenters. The van der Waals surface area contributed by atoms with Crippen LogP contribution in [0.1, 0.15) is 5.69 Å². The fraction of sp³-hybridized carbons (Fsp3) is 0.250. The Morgan fingerprint density at radius 2 is 1.58 bits per heavy atom. The largest absolute Gasteiger partial charge is 0.369 e. The van der Waals surface area contributed by atoms with E-state index in [4.69, 9.17) is 16.6 Å². The SMILES string of the molecule is Clc1ccc(N2CCN(Cc3ccc4ccccc4n3)CC2)cc1. The summed E-state index contributed by atoms with van der Waals surface area (Å²) in [5.41, 5.74) is 3.48. The van der Waals surface area contributed by atoms with Crippen molar-refractivity contribution in [3.63, 3.8) is 0 Å². The van der Waals surface area contributed by atoms with Gasteiger partial charge < -0.3 is 4.90 Å². The zero-order chi connectivity index (χ0) is 16.4. The van der Waals surface area contributed by atoms with Gasteiger partial charge in [-0.3, -0.25) is 9.88 Å². The van der Waals surface area contributed by atoms with Crippen molar-refractivity contribution in [1.82, 2.24) is 9.88 Å². The Kier molecular flexibility index (Phi) is 4.37. The van der Waals surface area contributed by atoms with Crippen LogP contribution in [0.15, 0.2) is 60.7 Å². The van der Waals surface area contributed by atoms with E-state index in [2.05, 4.69) is 52.3 Å². The van der Waals surface area contributed by atoms with Gasteiger partial charge in [0.15, 0.2) is 0 Å². The minimum Gasteiger partial charge on any atom is -0.369 e. The normalized spacial score (nSPS) is 15.8. The van der Waals surface area contributed by atoms with Crippen molar-refractivity contribution >= 4 is 28.2 Å². The first-order valence-electron chi connectivity index (χ1n) is 8.35. The number of benzene rings is 2. The van der Waals surface area contributed by atoms with Crippen molar-refractivity contribution in [3.05, 3.63) is 71.4 Å². The highest BCUT2D eigenvalue weighted by molar-refractivity contribution is 6.30. The van der Waals surface area contributed by atoms with Gasteiger partial charge in [-0.25, -0.2) is 0 Å². The molecule has 2 heterocycles. The third kappa shape index (κ3) is 3.37. The van der Waals surface area contributed by atoms with Crippen molar-refractivity contribution in [2.24, 2.45) is 0 Å². The molecule has 0 aliphatic carbocycles. The monoisotopic (exact) mass is 337 g/mol. The summed E-state index contributed by atoms with van der Waals surface area (Å²) >= 11 is 5.97. The van der Waals surface area contributed by atoms with Gasteiger partial charge in [-0.2, -0.15) is 0 Å². The molecule has 2 aromatic carbocycles. The standard InChI is InChI=1S/C20H20ClN3/c21-17-6-9-19(10-7-17)24-13-11-23(12-14-24)15-18-8-5-16-3-1-2-4-20(16)22-18/h1-10H,11-15H2. The zero-order valence-corrected chi connectivity index (χ0v) is 14.3. The lowest BCUT2D eigenvalue weighted by Crippen LogP contribution is -2.46. The van der Waals surface area contributed by atoms with E-state index in [0.717, 1.165) is 49.0 Å². The molecule has 0 amide bonds. The first-order chi connectivity index (χ1) is 11.8. The summed E-state index contributed by atoms with van der Waals surface area (Å²) in [6.07, 6.45) is 0. The summed E-state index contributed by atoms with van der Waals surface area (Å²) in [6.45, 7) is 5.10. The number of halogens is 1. The topological polar surface area (TPSA) is 19.4 Å². The van der Waals surface area contributed by atoms with Crippen molar-refractivity contribution in [1.29, 1.82) is 0 Å². The molecule has 1 aliphatic heterocycles. The number of rotatable bonds is 3. The van der Waals surface area contributed by atoms with Crippen LogP contribution in [0.5, 0.6) is 0 Å².